The molecule has 0 aromatic heterocycles. The largest absolute Gasteiger partial charge is 0.434 e. The van der Waals surface area contributed by atoms with Crippen molar-refractivity contribution in [3.8, 4) is 5.75 Å². The monoisotopic (exact) mass is 502 g/mol. The van der Waals surface area contributed by atoms with Gasteiger partial charge in [-0.3, -0.25) is 14.5 Å². The number of rotatable bonds is 8. The molecule has 1 fully saturated rings. The number of hydrogen-bond acceptors (Lipinski definition) is 6. The van der Waals surface area contributed by atoms with Gasteiger partial charge in [-0.2, -0.15) is 17.6 Å². The molecule has 1 N–H and O–H groups in total. The number of carbonyl (C=O) groups is 2. The van der Waals surface area contributed by atoms with Crippen molar-refractivity contribution >= 4 is 63.6 Å². The molecule has 1 saturated heterocycles. The van der Waals surface area contributed by atoms with Gasteiger partial charge < -0.3 is 10.1 Å². The van der Waals surface area contributed by atoms with Crippen LogP contribution in [0.5, 0.6) is 5.75 Å². The Balaban J connectivity index is 1.66. The molecule has 12 heteroatoms. The standard InChI is InChI=1S/C20H14F4N2O3S3/c21-18(22)29-14-4-2-1-3-11(14)9-15-17(28)26(20(30)32-15)10-16(27)25-12-5-7-13(8-6-12)31-19(23)24/h1-9,18-19H,10H2,(H,25,27)/b15-9+. The number of benzene rings is 2. The molecule has 2 amide bonds. The van der Waals surface area contributed by atoms with Crippen molar-refractivity contribution in [1.82, 2.24) is 4.90 Å². The molecule has 0 saturated carbocycles. The first-order valence-electron chi connectivity index (χ1n) is 8.87. The van der Waals surface area contributed by atoms with Gasteiger partial charge >= 0.3 is 6.61 Å². The molecule has 0 atom stereocenters. The van der Waals surface area contributed by atoms with E-state index in [-0.39, 0.29) is 27.1 Å². The van der Waals surface area contributed by atoms with Gasteiger partial charge in [-0.05, 0) is 36.4 Å². The summed E-state index contributed by atoms with van der Waals surface area (Å²) in [7, 11) is 0. The smallest absolute Gasteiger partial charge is 0.387 e. The molecule has 5 nitrogen and oxygen atoms in total. The van der Waals surface area contributed by atoms with Gasteiger partial charge in [0.1, 0.15) is 16.6 Å². The number of carbonyl (C=O) groups excluding carboxylic acids is 2. The van der Waals surface area contributed by atoms with Crippen LogP contribution in [0.1, 0.15) is 5.56 Å². The molecule has 168 valence electrons. The summed E-state index contributed by atoms with van der Waals surface area (Å²) in [5.41, 5.74) is 0.632. The van der Waals surface area contributed by atoms with Gasteiger partial charge in [0.05, 0.1) is 4.91 Å². The SMILES string of the molecule is O=C(CN1C(=O)/C(=C\c2ccccc2OC(F)F)SC1=S)Nc1ccc(SC(F)F)cc1. The zero-order chi connectivity index (χ0) is 23.3. The lowest BCUT2D eigenvalue weighted by molar-refractivity contribution is -0.126. The Bertz CT molecular complexity index is 1050. The summed E-state index contributed by atoms with van der Waals surface area (Å²) >= 11 is 6.49. The summed E-state index contributed by atoms with van der Waals surface area (Å²) < 4.78 is 54.5. The Morgan fingerprint density at radius 1 is 1.16 bits per heavy atom. The summed E-state index contributed by atoms with van der Waals surface area (Å²) in [5.74, 6) is -3.74. The predicted molar refractivity (Wildman–Crippen MR) is 120 cm³/mol. The highest BCUT2D eigenvalue weighted by Gasteiger charge is 2.33. The van der Waals surface area contributed by atoms with Crippen LogP contribution in [-0.2, 0) is 9.59 Å². The summed E-state index contributed by atoms with van der Waals surface area (Å²) in [6.07, 6.45) is 1.37. The first-order valence-corrected chi connectivity index (χ1v) is 11.0. The van der Waals surface area contributed by atoms with Crippen LogP contribution in [0.25, 0.3) is 6.08 Å². The molecule has 1 heterocycles. The molecule has 3 rings (SSSR count). The molecule has 32 heavy (non-hydrogen) atoms. The molecule has 0 radical (unpaired) electrons. The average molecular weight is 503 g/mol. The van der Waals surface area contributed by atoms with Crippen LogP contribution in [0.3, 0.4) is 0 Å². The molecule has 1 aliphatic heterocycles. The number of thiocarbonyl (C=S) groups is 1. The average Bonchev–Trinajstić information content (AvgIpc) is 2.97. The van der Waals surface area contributed by atoms with Gasteiger partial charge in [0.2, 0.25) is 5.91 Å². The minimum absolute atomic E-state index is 0.0982. The number of thioether (sulfide) groups is 2. The van der Waals surface area contributed by atoms with E-state index in [1.165, 1.54) is 48.5 Å². The van der Waals surface area contributed by atoms with E-state index in [1.807, 2.05) is 0 Å². The number of halogens is 4. The van der Waals surface area contributed by atoms with E-state index in [1.54, 1.807) is 6.07 Å². The van der Waals surface area contributed by atoms with Gasteiger partial charge in [-0.1, -0.05) is 53.9 Å². The molecule has 0 aliphatic carbocycles. The van der Waals surface area contributed by atoms with Crippen molar-refractivity contribution in [2.24, 2.45) is 0 Å². The highest BCUT2D eigenvalue weighted by molar-refractivity contribution is 8.26. The van der Waals surface area contributed by atoms with Crippen molar-refractivity contribution in [3.05, 3.63) is 59.0 Å². The molecule has 2 aromatic carbocycles. The Labute approximate surface area is 194 Å². The number of amides is 2. The second-order valence-corrected chi connectivity index (χ2v) is 8.87. The summed E-state index contributed by atoms with van der Waals surface area (Å²) in [6, 6.07) is 11.8. The highest BCUT2D eigenvalue weighted by Crippen LogP contribution is 2.34. The normalized spacial score (nSPS) is 15.2. The summed E-state index contributed by atoms with van der Waals surface area (Å²) in [6.45, 7) is -3.39. The predicted octanol–water partition coefficient (Wildman–Crippen LogP) is 5.44. The Kier molecular flexibility index (Phi) is 8.15. The zero-order valence-electron chi connectivity index (χ0n) is 16.0. The van der Waals surface area contributed by atoms with Crippen LogP contribution >= 0.6 is 35.7 Å². The van der Waals surface area contributed by atoms with Crippen LogP contribution in [-0.4, -0.2) is 39.9 Å². The van der Waals surface area contributed by atoms with E-state index in [9.17, 15) is 27.2 Å². The maximum atomic E-state index is 12.7. The number of para-hydroxylation sites is 1. The minimum atomic E-state index is -3.02. The van der Waals surface area contributed by atoms with E-state index >= 15 is 0 Å². The molecule has 0 unspecified atom stereocenters. The first kappa shape index (κ1) is 24.1. The third-order valence-electron chi connectivity index (χ3n) is 3.96. The highest BCUT2D eigenvalue weighted by atomic mass is 32.2. The van der Waals surface area contributed by atoms with E-state index in [0.29, 0.717) is 22.3 Å². The molecular formula is C20H14F4N2O3S3. The second-order valence-electron chi connectivity index (χ2n) is 6.14. The Hall–Kier alpha value is -2.57. The minimum Gasteiger partial charge on any atom is -0.434 e. The number of anilines is 1. The maximum absolute atomic E-state index is 12.7. The van der Waals surface area contributed by atoms with Crippen molar-refractivity contribution in [2.75, 3.05) is 11.9 Å². The third kappa shape index (κ3) is 6.47. The van der Waals surface area contributed by atoms with Gasteiger partial charge in [0.15, 0.2) is 0 Å². The lowest BCUT2D eigenvalue weighted by Gasteiger charge is -2.14. The van der Waals surface area contributed by atoms with E-state index in [0.717, 1.165) is 16.7 Å². The fraction of sp³-hybridized carbons (Fsp3) is 0.150. The van der Waals surface area contributed by atoms with E-state index in [4.69, 9.17) is 12.2 Å². The van der Waals surface area contributed by atoms with Crippen molar-refractivity contribution in [1.29, 1.82) is 0 Å². The van der Waals surface area contributed by atoms with Crippen molar-refractivity contribution in [2.45, 2.75) is 17.3 Å². The summed E-state index contributed by atoms with van der Waals surface area (Å²) in [5, 5.41) is 2.56. The number of hydrogen-bond donors (Lipinski definition) is 1. The number of nitrogens with one attached hydrogen (secondary N) is 1. The van der Waals surface area contributed by atoms with Gasteiger partial charge in [0.25, 0.3) is 11.7 Å². The second kappa shape index (κ2) is 10.8. The number of nitrogens with zero attached hydrogens (tertiary/aromatic N) is 1. The van der Waals surface area contributed by atoms with E-state index in [2.05, 4.69) is 10.1 Å². The lowest BCUT2D eigenvalue weighted by Crippen LogP contribution is -2.36. The molecule has 2 aromatic rings. The van der Waals surface area contributed by atoms with Crippen LogP contribution < -0.4 is 10.1 Å². The summed E-state index contributed by atoms with van der Waals surface area (Å²) in [4.78, 5) is 26.6. The van der Waals surface area contributed by atoms with Crippen LogP contribution in [0.2, 0.25) is 0 Å². The van der Waals surface area contributed by atoms with Crippen molar-refractivity contribution < 1.29 is 31.9 Å². The van der Waals surface area contributed by atoms with Gasteiger partial charge in [0, 0.05) is 16.1 Å². The maximum Gasteiger partial charge on any atom is 0.387 e. The Morgan fingerprint density at radius 3 is 2.50 bits per heavy atom. The third-order valence-corrected chi connectivity index (χ3v) is 6.06. The number of ether oxygens (including phenoxy) is 1. The fourth-order valence-corrected chi connectivity index (χ4v) is 4.39. The lowest BCUT2D eigenvalue weighted by atomic mass is 10.2. The van der Waals surface area contributed by atoms with Crippen LogP contribution in [0.4, 0.5) is 23.2 Å². The molecule has 0 bridgehead atoms. The van der Waals surface area contributed by atoms with Gasteiger partial charge in [-0.15, -0.1) is 0 Å². The topological polar surface area (TPSA) is 58.6 Å². The fourth-order valence-electron chi connectivity index (χ4n) is 2.64. The molecule has 1 aliphatic rings. The zero-order valence-corrected chi connectivity index (χ0v) is 18.4. The van der Waals surface area contributed by atoms with Crippen molar-refractivity contribution in [3.63, 3.8) is 0 Å². The quantitative estimate of drug-likeness (QED) is 0.225. The number of alkyl halides is 4. The van der Waals surface area contributed by atoms with Crippen LogP contribution in [0, 0.1) is 0 Å². The first-order chi connectivity index (χ1) is 15.2. The Morgan fingerprint density at radius 2 is 1.84 bits per heavy atom. The van der Waals surface area contributed by atoms with Gasteiger partial charge in [-0.25, -0.2) is 0 Å². The van der Waals surface area contributed by atoms with Crippen LogP contribution in [0.15, 0.2) is 58.3 Å². The molecule has 0 spiro atoms. The van der Waals surface area contributed by atoms with E-state index < -0.39 is 24.2 Å². The molecular weight excluding hydrogens is 488 g/mol.